The molecule has 0 aliphatic carbocycles. The third kappa shape index (κ3) is 5.20. The smallest absolute Gasteiger partial charge is 0.126 e. The highest BCUT2D eigenvalue weighted by atomic mass is 19.1. The molecule has 30 heavy (non-hydrogen) atoms. The van der Waals surface area contributed by atoms with Crippen molar-refractivity contribution in [2.24, 2.45) is 0 Å². The van der Waals surface area contributed by atoms with Gasteiger partial charge in [-0.05, 0) is 71.5 Å². The second-order valence-electron chi connectivity index (χ2n) is 7.07. The molecular formula is C24H20F4O2. The van der Waals surface area contributed by atoms with Crippen LogP contribution in [0.4, 0.5) is 17.6 Å². The van der Waals surface area contributed by atoms with Gasteiger partial charge in [0.2, 0.25) is 0 Å². The van der Waals surface area contributed by atoms with Crippen LogP contribution in [-0.2, 0) is 12.8 Å². The monoisotopic (exact) mass is 416 g/mol. The van der Waals surface area contributed by atoms with Gasteiger partial charge in [-0.2, -0.15) is 0 Å². The number of aromatic hydroxyl groups is 2. The maximum Gasteiger partial charge on any atom is 0.126 e. The maximum atomic E-state index is 13.6. The third-order valence-corrected chi connectivity index (χ3v) is 4.62. The van der Waals surface area contributed by atoms with Crippen molar-refractivity contribution in [1.82, 2.24) is 0 Å². The molecule has 0 aliphatic rings. The number of hydrogen-bond acceptors (Lipinski definition) is 2. The first-order chi connectivity index (χ1) is 14.2. The van der Waals surface area contributed by atoms with Gasteiger partial charge in [-0.1, -0.05) is 19.4 Å². The van der Waals surface area contributed by atoms with Gasteiger partial charge < -0.3 is 10.2 Å². The number of hydrogen-bond donors (Lipinski definition) is 2. The van der Waals surface area contributed by atoms with Crippen LogP contribution in [0, 0.1) is 23.3 Å². The van der Waals surface area contributed by atoms with Crippen LogP contribution in [-0.4, -0.2) is 10.2 Å². The van der Waals surface area contributed by atoms with Crippen molar-refractivity contribution in [3.05, 3.63) is 94.1 Å². The van der Waals surface area contributed by atoms with Gasteiger partial charge in [0.25, 0.3) is 0 Å². The summed E-state index contributed by atoms with van der Waals surface area (Å²) in [7, 11) is 0. The highest BCUT2D eigenvalue weighted by Gasteiger charge is 2.14. The van der Waals surface area contributed by atoms with Crippen LogP contribution >= 0.6 is 0 Å². The quantitative estimate of drug-likeness (QED) is 0.361. The lowest BCUT2D eigenvalue weighted by atomic mass is 9.93. The minimum absolute atomic E-state index is 0.00117. The Kier molecular flexibility index (Phi) is 6.45. The minimum Gasteiger partial charge on any atom is -0.508 e. The predicted octanol–water partition coefficient (Wildman–Crippen LogP) is 6.39. The molecule has 3 rings (SSSR count). The highest BCUT2D eigenvalue weighted by molar-refractivity contribution is 5.84. The van der Waals surface area contributed by atoms with Gasteiger partial charge in [-0.15, -0.1) is 0 Å². The normalized spacial score (nSPS) is 11.7. The number of benzene rings is 3. The molecule has 0 aliphatic heterocycles. The molecule has 0 fully saturated rings. The first kappa shape index (κ1) is 21.4. The number of phenols is 2. The second kappa shape index (κ2) is 9.03. The Morgan fingerprint density at radius 1 is 0.767 bits per heavy atom. The molecule has 0 atom stereocenters. The molecule has 0 saturated carbocycles. The molecule has 2 nitrogen and oxygen atoms in total. The van der Waals surface area contributed by atoms with Crippen LogP contribution in [0.15, 0.2) is 48.5 Å². The van der Waals surface area contributed by atoms with Crippen molar-refractivity contribution in [3.63, 3.8) is 0 Å². The fourth-order valence-corrected chi connectivity index (χ4v) is 3.36. The summed E-state index contributed by atoms with van der Waals surface area (Å²) >= 11 is 0. The van der Waals surface area contributed by atoms with Crippen LogP contribution < -0.4 is 0 Å². The summed E-state index contributed by atoms with van der Waals surface area (Å²) in [6, 6.07) is 8.83. The molecule has 0 aromatic heterocycles. The van der Waals surface area contributed by atoms with E-state index in [1.54, 1.807) is 0 Å². The molecule has 0 unspecified atom stereocenters. The summed E-state index contributed by atoms with van der Waals surface area (Å²) in [6.07, 6.45) is 2.61. The Bertz CT molecular complexity index is 1040. The van der Waals surface area contributed by atoms with E-state index in [1.165, 1.54) is 18.2 Å². The number of allylic oxidation sites excluding steroid dienone is 1. The fourth-order valence-electron chi connectivity index (χ4n) is 3.36. The first-order valence-electron chi connectivity index (χ1n) is 9.42. The number of halogens is 4. The summed E-state index contributed by atoms with van der Waals surface area (Å²) in [5, 5.41) is 20.7. The zero-order chi connectivity index (χ0) is 21.8. The van der Waals surface area contributed by atoms with E-state index in [1.807, 2.05) is 6.92 Å². The summed E-state index contributed by atoms with van der Waals surface area (Å²) in [5.41, 5.74) is 1.62. The lowest BCUT2D eigenvalue weighted by molar-refractivity contribution is 0.437. The van der Waals surface area contributed by atoms with Crippen LogP contribution in [0.3, 0.4) is 0 Å². The SMILES string of the molecule is CCCc1c(O)cc(/C(=C\c2cc(F)cc(F)c2)Cc2cc(F)cc(F)c2)cc1O. The average Bonchev–Trinajstić information content (AvgIpc) is 2.62. The molecule has 0 amide bonds. The molecule has 0 saturated heterocycles. The Hall–Kier alpha value is -3.28. The lowest BCUT2D eigenvalue weighted by Crippen LogP contribution is -1.96. The molecule has 3 aromatic carbocycles. The van der Waals surface area contributed by atoms with Gasteiger partial charge in [0.15, 0.2) is 0 Å². The van der Waals surface area contributed by atoms with Crippen molar-refractivity contribution < 1.29 is 27.8 Å². The minimum atomic E-state index is -0.776. The average molecular weight is 416 g/mol. The van der Waals surface area contributed by atoms with Gasteiger partial charge in [0.05, 0.1) is 0 Å². The molecule has 6 heteroatoms. The Balaban J connectivity index is 2.13. The molecule has 0 radical (unpaired) electrons. The van der Waals surface area contributed by atoms with Crippen LogP contribution in [0.25, 0.3) is 11.6 Å². The lowest BCUT2D eigenvalue weighted by Gasteiger charge is -2.14. The summed E-state index contributed by atoms with van der Waals surface area (Å²) < 4.78 is 54.5. The number of rotatable bonds is 6. The molecule has 0 heterocycles. The first-order valence-corrected chi connectivity index (χ1v) is 9.42. The Labute approximate surface area is 171 Å². The van der Waals surface area contributed by atoms with E-state index in [9.17, 15) is 27.8 Å². The van der Waals surface area contributed by atoms with Crippen molar-refractivity contribution in [2.45, 2.75) is 26.2 Å². The topological polar surface area (TPSA) is 40.5 Å². The predicted molar refractivity (Wildman–Crippen MR) is 108 cm³/mol. The standard InChI is InChI=1S/C24H20F4O2/c1-2-3-22-23(29)10-17(11-24(22)30)16(4-14-6-18(25)12-19(26)7-14)5-15-8-20(27)13-21(28)9-15/h4,6-13,29-30H,2-3,5H2,1H3/b16-4-. The molecule has 2 N–H and O–H groups in total. The highest BCUT2D eigenvalue weighted by Crippen LogP contribution is 2.35. The summed E-state index contributed by atoms with van der Waals surface area (Å²) in [6.45, 7) is 1.90. The van der Waals surface area contributed by atoms with Crippen LogP contribution in [0.5, 0.6) is 11.5 Å². The van der Waals surface area contributed by atoms with E-state index in [0.29, 0.717) is 29.5 Å². The summed E-state index contributed by atoms with van der Waals surface area (Å²) in [4.78, 5) is 0. The van der Waals surface area contributed by atoms with Crippen molar-refractivity contribution in [1.29, 1.82) is 0 Å². The van der Waals surface area contributed by atoms with E-state index in [0.717, 1.165) is 36.4 Å². The molecule has 0 spiro atoms. The zero-order valence-corrected chi connectivity index (χ0v) is 16.2. The van der Waals surface area contributed by atoms with Gasteiger partial charge in [0, 0.05) is 17.7 Å². The van der Waals surface area contributed by atoms with Gasteiger partial charge >= 0.3 is 0 Å². The third-order valence-electron chi connectivity index (χ3n) is 4.62. The Morgan fingerprint density at radius 2 is 1.27 bits per heavy atom. The van der Waals surface area contributed by atoms with Crippen LogP contribution in [0.2, 0.25) is 0 Å². The van der Waals surface area contributed by atoms with Crippen molar-refractivity contribution in [3.8, 4) is 11.5 Å². The van der Waals surface area contributed by atoms with E-state index in [-0.39, 0.29) is 29.0 Å². The van der Waals surface area contributed by atoms with Gasteiger partial charge in [0.1, 0.15) is 34.8 Å². The molecular weight excluding hydrogens is 396 g/mol. The zero-order valence-electron chi connectivity index (χ0n) is 16.2. The van der Waals surface area contributed by atoms with E-state index >= 15 is 0 Å². The van der Waals surface area contributed by atoms with E-state index in [4.69, 9.17) is 0 Å². The van der Waals surface area contributed by atoms with Crippen molar-refractivity contribution >= 4 is 11.6 Å². The largest absolute Gasteiger partial charge is 0.508 e. The fraction of sp³-hybridized carbons (Fsp3) is 0.167. The Morgan fingerprint density at radius 3 is 1.77 bits per heavy atom. The van der Waals surface area contributed by atoms with Gasteiger partial charge in [-0.3, -0.25) is 0 Å². The molecule has 3 aromatic rings. The molecule has 156 valence electrons. The summed E-state index contributed by atoms with van der Waals surface area (Å²) in [5.74, 6) is -3.33. The maximum absolute atomic E-state index is 13.6. The second-order valence-corrected chi connectivity index (χ2v) is 7.07. The van der Waals surface area contributed by atoms with E-state index < -0.39 is 23.3 Å². The van der Waals surface area contributed by atoms with Crippen LogP contribution in [0.1, 0.15) is 35.6 Å². The number of phenolic OH excluding ortho intramolecular Hbond substituents is 2. The van der Waals surface area contributed by atoms with Crippen molar-refractivity contribution in [2.75, 3.05) is 0 Å². The van der Waals surface area contributed by atoms with Gasteiger partial charge in [-0.25, -0.2) is 17.6 Å². The molecule has 0 bridgehead atoms. The van der Waals surface area contributed by atoms with E-state index in [2.05, 4.69) is 0 Å².